The lowest BCUT2D eigenvalue weighted by Crippen LogP contribution is -2.34. The molecule has 3 heterocycles. The molecular formula is C17H21N7O. The Balaban J connectivity index is 1.69. The van der Waals surface area contributed by atoms with E-state index in [1.807, 2.05) is 37.3 Å². The minimum atomic E-state index is -0.0841. The molecule has 4 rings (SSSR count). The maximum atomic E-state index is 6.29. The molecule has 0 radical (unpaired) electrons. The largest absolute Gasteiger partial charge is 0.444 e. The molecule has 0 amide bonds. The Morgan fingerprint density at radius 2 is 1.76 bits per heavy atom. The number of nitrogen functional groups attached to an aromatic ring is 2. The van der Waals surface area contributed by atoms with Gasteiger partial charge in [-0.25, -0.2) is 0 Å². The maximum Gasteiger partial charge on any atom is 0.320 e. The minimum Gasteiger partial charge on any atom is -0.444 e. The van der Waals surface area contributed by atoms with Crippen molar-refractivity contribution in [2.45, 2.75) is 26.0 Å². The Hall–Kier alpha value is -2.87. The summed E-state index contributed by atoms with van der Waals surface area (Å²) in [7, 11) is 0. The van der Waals surface area contributed by atoms with Crippen molar-refractivity contribution >= 4 is 11.8 Å². The van der Waals surface area contributed by atoms with Crippen molar-refractivity contribution in [1.29, 1.82) is 0 Å². The van der Waals surface area contributed by atoms with Gasteiger partial charge in [-0.3, -0.25) is 9.47 Å². The number of likely N-dealkylation sites (tertiary alicyclic amines) is 1. The molecule has 0 saturated carbocycles. The lowest BCUT2D eigenvalue weighted by Gasteiger charge is -2.22. The van der Waals surface area contributed by atoms with Crippen molar-refractivity contribution < 1.29 is 4.74 Å². The Morgan fingerprint density at radius 1 is 1.04 bits per heavy atom. The van der Waals surface area contributed by atoms with Gasteiger partial charge in [-0.1, -0.05) is 18.2 Å². The molecule has 8 heteroatoms. The zero-order valence-corrected chi connectivity index (χ0v) is 14.1. The number of aromatic nitrogens is 4. The van der Waals surface area contributed by atoms with Crippen molar-refractivity contribution in [3.05, 3.63) is 30.3 Å². The molecule has 130 valence electrons. The summed E-state index contributed by atoms with van der Waals surface area (Å²) < 4.78 is 7.54. The van der Waals surface area contributed by atoms with E-state index in [4.69, 9.17) is 16.2 Å². The molecule has 8 nitrogen and oxygen atoms in total. The van der Waals surface area contributed by atoms with Gasteiger partial charge in [0, 0.05) is 13.1 Å². The highest BCUT2D eigenvalue weighted by Gasteiger charge is 2.25. The predicted octanol–water partition coefficient (Wildman–Crippen LogP) is 1.75. The number of nitrogens with two attached hydrogens (primary N) is 2. The van der Waals surface area contributed by atoms with Gasteiger partial charge in [-0.05, 0) is 31.9 Å². The molecule has 0 aromatic heterocycles. The summed E-state index contributed by atoms with van der Waals surface area (Å²) in [6, 6.07) is 9.84. The van der Waals surface area contributed by atoms with Crippen LogP contribution in [0.4, 0.5) is 11.8 Å². The van der Waals surface area contributed by atoms with E-state index >= 15 is 0 Å². The van der Waals surface area contributed by atoms with Crippen molar-refractivity contribution in [3.63, 3.8) is 0 Å². The number of ether oxygens (including phenoxy) is 1. The first-order valence-electron chi connectivity index (χ1n) is 8.41. The third kappa shape index (κ3) is 2.85. The second-order valence-corrected chi connectivity index (χ2v) is 6.16. The topological polar surface area (TPSA) is 108 Å². The van der Waals surface area contributed by atoms with Crippen LogP contribution in [0.1, 0.15) is 19.8 Å². The van der Waals surface area contributed by atoms with Crippen LogP contribution >= 0.6 is 0 Å². The number of benzene rings is 1. The summed E-state index contributed by atoms with van der Waals surface area (Å²) in [5.41, 5.74) is 13.7. The van der Waals surface area contributed by atoms with Crippen LogP contribution in [0.3, 0.4) is 0 Å². The van der Waals surface area contributed by atoms with Crippen LogP contribution in [0.25, 0.3) is 17.2 Å². The van der Waals surface area contributed by atoms with Crippen LogP contribution in [0.5, 0.6) is 6.01 Å². The molecule has 4 N–H and O–H groups in total. The second kappa shape index (κ2) is 6.21. The zero-order chi connectivity index (χ0) is 17.4. The molecule has 3 aliphatic rings. The fourth-order valence-electron chi connectivity index (χ4n) is 3.19. The fourth-order valence-corrected chi connectivity index (χ4v) is 3.19. The standard InChI is InChI=1S/C17H21N7O/c1-11(23-9-5-6-10-23)25-17-20-13-14(18)24(12-7-3-2-4-8-12)16(19)21-15(13)22-17/h2-4,7-8,11H,5-6,9-10,18H2,1H3,(H2,19,20,21,22). The lowest BCUT2D eigenvalue weighted by atomic mass is 10.3. The highest BCUT2D eigenvalue weighted by atomic mass is 16.5. The van der Waals surface area contributed by atoms with Gasteiger partial charge in [0.05, 0.1) is 5.69 Å². The summed E-state index contributed by atoms with van der Waals surface area (Å²) in [5, 5.41) is 0. The van der Waals surface area contributed by atoms with Gasteiger partial charge in [0.25, 0.3) is 0 Å². The van der Waals surface area contributed by atoms with E-state index in [9.17, 15) is 0 Å². The number of nitrogens with zero attached hydrogens (tertiary/aromatic N) is 5. The summed E-state index contributed by atoms with van der Waals surface area (Å²) in [6.07, 6.45) is 2.30. The van der Waals surface area contributed by atoms with Crippen LogP contribution < -0.4 is 16.2 Å². The SMILES string of the molecule is CC(Oc1nc2nc(N)n(-c3ccccc3)c(N)c-2n1)N1CCCC1. The molecule has 1 fully saturated rings. The highest BCUT2D eigenvalue weighted by Crippen LogP contribution is 2.31. The Kier molecular flexibility index (Phi) is 3.89. The van der Waals surface area contributed by atoms with E-state index in [0.717, 1.165) is 18.8 Å². The normalized spacial score (nSPS) is 16.4. The Morgan fingerprint density at radius 3 is 2.48 bits per heavy atom. The van der Waals surface area contributed by atoms with Gasteiger partial charge in [-0.15, -0.1) is 0 Å². The first-order chi connectivity index (χ1) is 12.1. The molecule has 0 bridgehead atoms. The first-order valence-corrected chi connectivity index (χ1v) is 8.41. The van der Waals surface area contributed by atoms with Gasteiger partial charge in [0.15, 0.2) is 17.7 Å². The Labute approximate surface area is 145 Å². The number of anilines is 2. The summed E-state index contributed by atoms with van der Waals surface area (Å²) in [5.74, 6) is 1.05. The zero-order valence-electron chi connectivity index (χ0n) is 14.1. The number of para-hydroxylation sites is 1. The quantitative estimate of drug-likeness (QED) is 0.745. The fraction of sp³-hybridized carbons (Fsp3) is 0.353. The Bertz CT molecular complexity index is 842. The smallest absolute Gasteiger partial charge is 0.320 e. The monoisotopic (exact) mass is 339 g/mol. The maximum absolute atomic E-state index is 6.29. The van der Waals surface area contributed by atoms with Crippen molar-refractivity contribution in [2.24, 2.45) is 0 Å². The summed E-state index contributed by atoms with van der Waals surface area (Å²) >= 11 is 0. The van der Waals surface area contributed by atoms with Crippen molar-refractivity contribution in [2.75, 3.05) is 24.6 Å². The lowest BCUT2D eigenvalue weighted by molar-refractivity contribution is 0.0517. The molecular weight excluding hydrogens is 318 g/mol. The van der Waals surface area contributed by atoms with E-state index in [-0.39, 0.29) is 18.2 Å². The molecule has 1 aromatic carbocycles. The third-order valence-corrected chi connectivity index (χ3v) is 4.50. The van der Waals surface area contributed by atoms with Crippen molar-refractivity contribution in [1.82, 2.24) is 24.4 Å². The van der Waals surface area contributed by atoms with Crippen LogP contribution in [-0.2, 0) is 0 Å². The van der Waals surface area contributed by atoms with E-state index in [2.05, 4.69) is 19.9 Å². The molecule has 0 spiro atoms. The molecule has 1 aromatic rings. The van der Waals surface area contributed by atoms with Crippen molar-refractivity contribution in [3.8, 4) is 23.2 Å². The minimum absolute atomic E-state index is 0.0841. The highest BCUT2D eigenvalue weighted by molar-refractivity contribution is 5.71. The number of imidazole rings is 1. The first kappa shape index (κ1) is 15.6. The molecule has 1 atom stereocenters. The van der Waals surface area contributed by atoms with E-state index in [0.29, 0.717) is 17.3 Å². The number of fused-ring (bicyclic) bond motifs is 1. The average molecular weight is 339 g/mol. The van der Waals surface area contributed by atoms with E-state index in [1.54, 1.807) is 4.57 Å². The molecule has 1 unspecified atom stereocenters. The molecule has 25 heavy (non-hydrogen) atoms. The van der Waals surface area contributed by atoms with E-state index < -0.39 is 0 Å². The number of hydrogen-bond acceptors (Lipinski definition) is 7. The number of hydrogen-bond donors (Lipinski definition) is 2. The average Bonchev–Trinajstić information content (AvgIpc) is 3.25. The molecule has 0 aliphatic carbocycles. The summed E-state index contributed by atoms with van der Waals surface area (Å²) in [4.78, 5) is 15.4. The van der Waals surface area contributed by atoms with Crippen LogP contribution in [0, 0.1) is 0 Å². The second-order valence-electron chi connectivity index (χ2n) is 6.16. The van der Waals surface area contributed by atoms with Gasteiger partial charge < -0.3 is 16.2 Å². The van der Waals surface area contributed by atoms with E-state index in [1.165, 1.54) is 12.8 Å². The van der Waals surface area contributed by atoms with Gasteiger partial charge >= 0.3 is 6.01 Å². The van der Waals surface area contributed by atoms with Crippen LogP contribution in [0.2, 0.25) is 0 Å². The van der Waals surface area contributed by atoms with Crippen LogP contribution in [-0.4, -0.2) is 43.7 Å². The van der Waals surface area contributed by atoms with Crippen LogP contribution in [0.15, 0.2) is 30.3 Å². The molecule has 3 aliphatic heterocycles. The van der Waals surface area contributed by atoms with Gasteiger partial charge in [0.1, 0.15) is 5.82 Å². The number of rotatable bonds is 4. The van der Waals surface area contributed by atoms with Gasteiger partial charge in [0.2, 0.25) is 5.95 Å². The van der Waals surface area contributed by atoms with Gasteiger partial charge in [-0.2, -0.15) is 15.0 Å². The molecule has 1 saturated heterocycles. The predicted molar refractivity (Wildman–Crippen MR) is 95.5 cm³/mol. The summed E-state index contributed by atoms with van der Waals surface area (Å²) in [6.45, 7) is 4.06. The third-order valence-electron chi connectivity index (χ3n) is 4.50.